The van der Waals surface area contributed by atoms with Crippen molar-refractivity contribution in [2.45, 2.75) is 31.6 Å². The lowest BCUT2D eigenvalue weighted by Gasteiger charge is -2.33. The number of carbonyl (C=O) groups is 1. The molecular formula is C14H18FNO2. The van der Waals surface area contributed by atoms with Gasteiger partial charge >= 0.3 is 5.97 Å². The number of aliphatic carboxylic acids is 1. The van der Waals surface area contributed by atoms with Gasteiger partial charge in [-0.05, 0) is 30.5 Å². The number of hydrogen-bond acceptors (Lipinski definition) is 2. The maximum atomic E-state index is 13.3. The topological polar surface area (TPSA) is 63.3 Å². The second kappa shape index (κ2) is 5.06. The zero-order valence-electron chi connectivity index (χ0n) is 10.2. The molecule has 0 aliphatic heterocycles. The van der Waals surface area contributed by atoms with Crippen LogP contribution in [0.2, 0.25) is 0 Å². The Bertz CT molecular complexity index is 441. The predicted octanol–water partition coefficient (Wildman–Crippen LogP) is 2.51. The number of benzene rings is 1. The monoisotopic (exact) mass is 251 g/mol. The molecule has 1 aromatic carbocycles. The molecule has 1 atom stereocenters. The number of halogens is 1. The summed E-state index contributed by atoms with van der Waals surface area (Å²) in [6.07, 6.45) is 3.05. The molecule has 1 unspecified atom stereocenters. The van der Waals surface area contributed by atoms with Crippen molar-refractivity contribution in [1.29, 1.82) is 0 Å². The van der Waals surface area contributed by atoms with E-state index in [1.807, 2.05) is 0 Å². The summed E-state index contributed by atoms with van der Waals surface area (Å²) in [6.45, 7) is 0.232. The van der Waals surface area contributed by atoms with Gasteiger partial charge in [0.2, 0.25) is 0 Å². The molecule has 3 N–H and O–H groups in total. The van der Waals surface area contributed by atoms with E-state index in [-0.39, 0.29) is 18.3 Å². The molecule has 98 valence electrons. The highest BCUT2D eigenvalue weighted by Gasteiger charge is 2.47. The van der Waals surface area contributed by atoms with Crippen LogP contribution in [-0.4, -0.2) is 17.6 Å². The number of carboxylic acids is 1. The SMILES string of the molecule is NCC(c1cccc(F)c1)C1(C(=O)O)CCCC1. The lowest BCUT2D eigenvalue weighted by atomic mass is 9.70. The Morgan fingerprint density at radius 3 is 2.61 bits per heavy atom. The van der Waals surface area contributed by atoms with Crippen LogP contribution in [0.5, 0.6) is 0 Å². The first kappa shape index (κ1) is 13.0. The number of rotatable bonds is 4. The van der Waals surface area contributed by atoms with Crippen LogP contribution in [-0.2, 0) is 4.79 Å². The summed E-state index contributed by atoms with van der Waals surface area (Å²) in [4.78, 5) is 11.6. The molecule has 0 aromatic heterocycles. The fourth-order valence-corrected chi connectivity index (χ4v) is 3.12. The van der Waals surface area contributed by atoms with E-state index in [4.69, 9.17) is 5.73 Å². The summed E-state index contributed by atoms with van der Waals surface area (Å²) in [7, 11) is 0. The van der Waals surface area contributed by atoms with Crippen LogP contribution in [0, 0.1) is 11.2 Å². The molecule has 1 aliphatic rings. The van der Waals surface area contributed by atoms with Gasteiger partial charge in [0.25, 0.3) is 0 Å². The highest BCUT2D eigenvalue weighted by molar-refractivity contribution is 5.76. The second-order valence-corrected chi connectivity index (χ2v) is 5.01. The van der Waals surface area contributed by atoms with Crippen LogP contribution in [0.15, 0.2) is 24.3 Å². The van der Waals surface area contributed by atoms with Crippen molar-refractivity contribution in [1.82, 2.24) is 0 Å². The predicted molar refractivity (Wildman–Crippen MR) is 66.7 cm³/mol. The Kier molecular flexibility index (Phi) is 3.66. The molecule has 3 nitrogen and oxygen atoms in total. The van der Waals surface area contributed by atoms with Crippen molar-refractivity contribution in [3.8, 4) is 0 Å². The van der Waals surface area contributed by atoms with E-state index in [9.17, 15) is 14.3 Å². The minimum atomic E-state index is -0.817. The minimum absolute atomic E-state index is 0.232. The molecule has 2 rings (SSSR count). The normalized spacial score (nSPS) is 19.7. The van der Waals surface area contributed by atoms with Crippen molar-refractivity contribution >= 4 is 5.97 Å². The number of hydrogen-bond donors (Lipinski definition) is 2. The van der Waals surface area contributed by atoms with E-state index in [1.54, 1.807) is 12.1 Å². The van der Waals surface area contributed by atoms with E-state index >= 15 is 0 Å². The maximum absolute atomic E-state index is 13.3. The summed E-state index contributed by atoms with van der Waals surface area (Å²) < 4.78 is 13.3. The summed E-state index contributed by atoms with van der Waals surface area (Å²) in [5.74, 6) is -1.46. The fraction of sp³-hybridized carbons (Fsp3) is 0.500. The average Bonchev–Trinajstić information content (AvgIpc) is 2.81. The summed E-state index contributed by atoms with van der Waals surface area (Å²) in [5, 5.41) is 9.55. The van der Waals surface area contributed by atoms with E-state index < -0.39 is 11.4 Å². The fourth-order valence-electron chi connectivity index (χ4n) is 3.12. The molecule has 0 bridgehead atoms. The molecule has 0 spiro atoms. The van der Waals surface area contributed by atoms with Crippen molar-refractivity contribution in [2.75, 3.05) is 6.54 Å². The van der Waals surface area contributed by atoms with Crippen LogP contribution in [0.3, 0.4) is 0 Å². The standard InChI is InChI=1S/C14H18FNO2/c15-11-5-3-4-10(8-11)12(9-16)14(13(17)18)6-1-2-7-14/h3-5,8,12H,1-2,6-7,9,16H2,(H,17,18). The highest BCUT2D eigenvalue weighted by atomic mass is 19.1. The molecule has 1 fully saturated rings. The molecule has 0 heterocycles. The van der Waals surface area contributed by atoms with Gasteiger partial charge in [0.15, 0.2) is 0 Å². The maximum Gasteiger partial charge on any atom is 0.310 e. The molecule has 0 saturated heterocycles. The Hall–Kier alpha value is -1.42. The van der Waals surface area contributed by atoms with Gasteiger partial charge in [0, 0.05) is 12.5 Å². The molecule has 1 saturated carbocycles. The molecular weight excluding hydrogens is 233 g/mol. The largest absolute Gasteiger partial charge is 0.481 e. The number of carboxylic acid groups (broad SMARTS) is 1. The van der Waals surface area contributed by atoms with Gasteiger partial charge in [-0.1, -0.05) is 25.0 Å². The lowest BCUT2D eigenvalue weighted by Crippen LogP contribution is -2.38. The third-order valence-electron chi connectivity index (χ3n) is 4.08. The Balaban J connectivity index is 2.40. The van der Waals surface area contributed by atoms with E-state index in [0.29, 0.717) is 18.4 Å². The number of nitrogens with two attached hydrogens (primary N) is 1. The second-order valence-electron chi connectivity index (χ2n) is 5.01. The Morgan fingerprint density at radius 2 is 2.11 bits per heavy atom. The third kappa shape index (κ3) is 2.12. The van der Waals surface area contributed by atoms with Crippen LogP contribution in [0.25, 0.3) is 0 Å². The molecule has 1 aromatic rings. The molecule has 1 aliphatic carbocycles. The van der Waals surface area contributed by atoms with E-state index in [1.165, 1.54) is 12.1 Å². The molecule has 4 heteroatoms. The Morgan fingerprint density at radius 1 is 1.44 bits per heavy atom. The van der Waals surface area contributed by atoms with Gasteiger partial charge in [-0.15, -0.1) is 0 Å². The van der Waals surface area contributed by atoms with Crippen molar-refractivity contribution in [2.24, 2.45) is 11.1 Å². The van der Waals surface area contributed by atoms with Crippen molar-refractivity contribution < 1.29 is 14.3 Å². The van der Waals surface area contributed by atoms with Gasteiger partial charge < -0.3 is 10.8 Å². The summed E-state index contributed by atoms with van der Waals surface area (Å²) >= 11 is 0. The van der Waals surface area contributed by atoms with E-state index in [2.05, 4.69) is 0 Å². The van der Waals surface area contributed by atoms with Gasteiger partial charge in [-0.25, -0.2) is 4.39 Å². The summed E-state index contributed by atoms with van der Waals surface area (Å²) in [6, 6.07) is 6.14. The Labute approximate surface area is 106 Å². The first-order valence-electron chi connectivity index (χ1n) is 6.29. The van der Waals surface area contributed by atoms with Gasteiger partial charge in [-0.2, -0.15) is 0 Å². The average molecular weight is 251 g/mol. The van der Waals surface area contributed by atoms with Crippen LogP contribution >= 0.6 is 0 Å². The quantitative estimate of drug-likeness (QED) is 0.864. The molecule has 18 heavy (non-hydrogen) atoms. The van der Waals surface area contributed by atoms with Crippen LogP contribution < -0.4 is 5.73 Å². The third-order valence-corrected chi connectivity index (χ3v) is 4.08. The lowest BCUT2D eigenvalue weighted by molar-refractivity contribution is -0.150. The molecule has 0 amide bonds. The van der Waals surface area contributed by atoms with Crippen molar-refractivity contribution in [3.63, 3.8) is 0 Å². The zero-order valence-corrected chi connectivity index (χ0v) is 10.2. The minimum Gasteiger partial charge on any atom is -0.481 e. The summed E-state index contributed by atoms with van der Waals surface area (Å²) in [5.41, 5.74) is 5.65. The first-order chi connectivity index (χ1) is 8.60. The smallest absolute Gasteiger partial charge is 0.310 e. The van der Waals surface area contributed by atoms with Crippen LogP contribution in [0.4, 0.5) is 4.39 Å². The van der Waals surface area contributed by atoms with Crippen molar-refractivity contribution in [3.05, 3.63) is 35.6 Å². The molecule has 0 radical (unpaired) electrons. The zero-order chi connectivity index (χ0) is 13.2. The van der Waals surface area contributed by atoms with Gasteiger partial charge in [-0.3, -0.25) is 4.79 Å². The highest BCUT2D eigenvalue weighted by Crippen LogP contribution is 2.48. The van der Waals surface area contributed by atoms with Gasteiger partial charge in [0.05, 0.1) is 5.41 Å². The van der Waals surface area contributed by atoms with E-state index in [0.717, 1.165) is 12.8 Å². The first-order valence-corrected chi connectivity index (χ1v) is 6.29. The van der Waals surface area contributed by atoms with Crippen LogP contribution in [0.1, 0.15) is 37.2 Å². The van der Waals surface area contributed by atoms with Gasteiger partial charge in [0.1, 0.15) is 5.82 Å².